The van der Waals surface area contributed by atoms with Gasteiger partial charge in [0.05, 0.1) is 0 Å². The molecule has 0 amide bonds. The molecule has 1 N–H and O–H groups in total. The molecular weight excluding hydrogens is 137 g/mol. The molecule has 0 rings (SSSR count). The van der Waals surface area contributed by atoms with Gasteiger partial charge in [0.15, 0.2) is 0 Å². The van der Waals surface area contributed by atoms with Crippen LogP contribution >= 0.6 is 0 Å². The lowest BCUT2D eigenvalue weighted by Gasteiger charge is -1.81. The summed E-state index contributed by atoms with van der Waals surface area (Å²) in [4.78, 5) is 9.23. The monoisotopic (exact) mass is 142 g/mol. The molecule has 0 aliphatic rings. The van der Waals surface area contributed by atoms with Crippen LogP contribution in [0.2, 0.25) is 0 Å². The highest BCUT2D eigenvalue weighted by atomic mass is 19.3. The smallest absolute Gasteiger partial charge is 0.370 e. The zero-order valence-corrected chi connectivity index (χ0v) is 3.49. The first-order chi connectivity index (χ1) is 3.55. The lowest BCUT2D eigenvalue weighted by molar-refractivity contribution is -0.134. The summed E-state index contributed by atoms with van der Waals surface area (Å²) >= 11 is 0. The first-order valence-corrected chi connectivity index (χ1v) is 1.49. The third-order valence-corrected chi connectivity index (χ3v) is 0.354. The minimum absolute atomic E-state index is 0. The third-order valence-electron chi connectivity index (χ3n) is 0.354. The van der Waals surface area contributed by atoms with E-state index < -0.39 is 17.9 Å². The van der Waals surface area contributed by atoms with Crippen LogP contribution in [0.4, 0.5) is 13.2 Å². The highest BCUT2D eigenvalue weighted by Crippen LogP contribution is 2.07. The zero-order chi connectivity index (χ0) is 6.73. The minimum Gasteiger partial charge on any atom is -0.476 e. The van der Waals surface area contributed by atoms with Crippen molar-refractivity contribution in [2.45, 2.75) is 7.43 Å². The Labute approximate surface area is 49.6 Å². The molecule has 0 unspecified atom stereocenters. The second-order valence-electron chi connectivity index (χ2n) is 0.880. The maximum Gasteiger partial charge on any atom is 0.370 e. The van der Waals surface area contributed by atoms with Gasteiger partial charge < -0.3 is 5.11 Å². The standard InChI is InChI=1S/C3HF3O2.CH4/c4-1(2(5)6)3(7)8;/h(H,7,8);1H4. The number of hydrogen-bond acceptors (Lipinski definition) is 1. The Morgan fingerprint density at radius 2 is 1.56 bits per heavy atom. The highest BCUT2D eigenvalue weighted by molar-refractivity contribution is 5.84. The number of rotatable bonds is 1. The Kier molecular flexibility index (Phi) is 4.76. The maximum absolute atomic E-state index is 11.2. The fraction of sp³-hybridized carbons (Fsp3) is 0.250. The van der Waals surface area contributed by atoms with Crippen LogP contribution in [0.15, 0.2) is 11.9 Å². The number of carboxylic acids is 1. The molecule has 0 bridgehead atoms. The predicted molar refractivity (Wildman–Crippen MR) is 24.7 cm³/mol. The van der Waals surface area contributed by atoms with Gasteiger partial charge in [0, 0.05) is 0 Å². The van der Waals surface area contributed by atoms with Gasteiger partial charge in [-0.25, -0.2) is 4.79 Å². The van der Waals surface area contributed by atoms with Crippen molar-refractivity contribution in [1.29, 1.82) is 0 Å². The lowest BCUT2D eigenvalue weighted by atomic mass is 10.6. The first-order valence-electron chi connectivity index (χ1n) is 1.49. The van der Waals surface area contributed by atoms with E-state index in [0.717, 1.165) is 0 Å². The summed E-state index contributed by atoms with van der Waals surface area (Å²) in [5, 5.41) is 7.44. The molecule has 0 aromatic rings. The van der Waals surface area contributed by atoms with E-state index in [-0.39, 0.29) is 7.43 Å². The predicted octanol–water partition coefficient (Wildman–Crippen LogP) is 1.78. The Bertz CT molecular complexity index is 137. The molecular formula is C4H5F3O2. The summed E-state index contributed by atoms with van der Waals surface area (Å²) in [7, 11) is 0. The first kappa shape index (κ1) is 10.9. The lowest BCUT2D eigenvalue weighted by Crippen LogP contribution is -1.94. The number of hydrogen-bond donors (Lipinski definition) is 1. The van der Waals surface area contributed by atoms with Gasteiger partial charge in [-0.05, 0) is 0 Å². The summed E-state index contributed by atoms with van der Waals surface area (Å²) < 4.78 is 32.8. The molecule has 0 aliphatic heterocycles. The Balaban J connectivity index is 0. The molecule has 0 saturated heterocycles. The van der Waals surface area contributed by atoms with Crippen molar-refractivity contribution >= 4 is 5.97 Å². The normalized spacial score (nSPS) is 7.44. The third kappa shape index (κ3) is 3.57. The molecule has 5 heteroatoms. The molecule has 0 atom stereocenters. The minimum atomic E-state index is -2.81. The number of halogens is 3. The molecule has 0 spiro atoms. The van der Waals surface area contributed by atoms with Crippen molar-refractivity contribution < 1.29 is 23.1 Å². The van der Waals surface area contributed by atoms with Crippen LogP contribution in [0.5, 0.6) is 0 Å². The van der Waals surface area contributed by atoms with Crippen LogP contribution in [0.1, 0.15) is 7.43 Å². The zero-order valence-electron chi connectivity index (χ0n) is 3.49. The number of carbonyl (C=O) groups is 1. The maximum atomic E-state index is 11.2. The molecule has 54 valence electrons. The van der Waals surface area contributed by atoms with Crippen LogP contribution in [0.25, 0.3) is 0 Å². The van der Waals surface area contributed by atoms with Crippen molar-refractivity contribution in [2.75, 3.05) is 0 Å². The Hall–Kier alpha value is -1.00. The SMILES string of the molecule is C.O=C(O)C(F)=C(F)F. The average Bonchev–Trinajstić information content (AvgIpc) is 1.64. The van der Waals surface area contributed by atoms with E-state index in [0.29, 0.717) is 0 Å². The van der Waals surface area contributed by atoms with E-state index >= 15 is 0 Å². The molecule has 0 fully saturated rings. The van der Waals surface area contributed by atoms with Crippen molar-refractivity contribution in [2.24, 2.45) is 0 Å². The fourth-order valence-corrected chi connectivity index (χ4v) is 0.0808. The van der Waals surface area contributed by atoms with Gasteiger partial charge in [-0.2, -0.15) is 13.2 Å². The van der Waals surface area contributed by atoms with Crippen molar-refractivity contribution in [3.63, 3.8) is 0 Å². The summed E-state index contributed by atoms with van der Waals surface area (Å²) in [5.74, 6) is -4.64. The van der Waals surface area contributed by atoms with Gasteiger partial charge in [-0.1, -0.05) is 7.43 Å². The van der Waals surface area contributed by atoms with Gasteiger partial charge in [0.2, 0.25) is 0 Å². The topological polar surface area (TPSA) is 37.3 Å². The second kappa shape index (κ2) is 3.94. The van der Waals surface area contributed by atoms with E-state index in [9.17, 15) is 18.0 Å². The van der Waals surface area contributed by atoms with Crippen LogP contribution < -0.4 is 0 Å². The molecule has 0 aromatic heterocycles. The summed E-state index contributed by atoms with van der Waals surface area (Å²) in [6.45, 7) is 0. The largest absolute Gasteiger partial charge is 0.476 e. The van der Waals surface area contributed by atoms with Gasteiger partial charge in [0.1, 0.15) is 0 Å². The molecule has 9 heavy (non-hydrogen) atoms. The van der Waals surface area contributed by atoms with Crippen LogP contribution in [-0.4, -0.2) is 11.1 Å². The highest BCUT2D eigenvalue weighted by Gasteiger charge is 2.12. The van der Waals surface area contributed by atoms with E-state index in [1.54, 1.807) is 0 Å². The van der Waals surface area contributed by atoms with Crippen LogP contribution in [0, 0.1) is 0 Å². The number of aliphatic carboxylic acids is 1. The van der Waals surface area contributed by atoms with Crippen molar-refractivity contribution in [3.05, 3.63) is 11.9 Å². The van der Waals surface area contributed by atoms with E-state index in [4.69, 9.17) is 5.11 Å². The van der Waals surface area contributed by atoms with Crippen LogP contribution in [0.3, 0.4) is 0 Å². The van der Waals surface area contributed by atoms with Gasteiger partial charge in [0.25, 0.3) is 5.83 Å². The van der Waals surface area contributed by atoms with E-state index in [2.05, 4.69) is 0 Å². The molecule has 2 nitrogen and oxygen atoms in total. The molecule has 0 radical (unpaired) electrons. The molecule has 0 saturated carbocycles. The fourth-order valence-electron chi connectivity index (χ4n) is 0.0808. The quantitative estimate of drug-likeness (QED) is 0.566. The summed E-state index contributed by atoms with van der Waals surface area (Å²) in [5.41, 5.74) is 0. The average molecular weight is 142 g/mol. The van der Waals surface area contributed by atoms with Gasteiger partial charge in [-0.3, -0.25) is 0 Å². The van der Waals surface area contributed by atoms with Gasteiger partial charge in [-0.15, -0.1) is 0 Å². The van der Waals surface area contributed by atoms with Crippen molar-refractivity contribution in [1.82, 2.24) is 0 Å². The van der Waals surface area contributed by atoms with E-state index in [1.165, 1.54) is 0 Å². The second-order valence-corrected chi connectivity index (χ2v) is 0.880. The van der Waals surface area contributed by atoms with Crippen LogP contribution in [-0.2, 0) is 4.79 Å². The van der Waals surface area contributed by atoms with Crippen molar-refractivity contribution in [3.8, 4) is 0 Å². The molecule has 0 heterocycles. The summed E-state index contributed by atoms with van der Waals surface area (Å²) in [6, 6.07) is 0. The van der Waals surface area contributed by atoms with Gasteiger partial charge >= 0.3 is 12.0 Å². The molecule has 0 aromatic carbocycles. The summed E-state index contributed by atoms with van der Waals surface area (Å²) in [6.07, 6.45) is -2.81. The number of carboxylic acid groups (broad SMARTS) is 1. The van der Waals surface area contributed by atoms with E-state index in [1.807, 2.05) is 0 Å². The molecule has 0 aliphatic carbocycles. The Morgan fingerprint density at radius 3 is 1.56 bits per heavy atom. The Morgan fingerprint density at radius 1 is 1.22 bits per heavy atom.